The Labute approximate surface area is 137 Å². The lowest BCUT2D eigenvalue weighted by Gasteiger charge is -2.39. The Morgan fingerprint density at radius 1 is 1.22 bits per heavy atom. The van der Waals surface area contributed by atoms with E-state index in [1.54, 1.807) is 0 Å². The van der Waals surface area contributed by atoms with Crippen molar-refractivity contribution in [2.24, 2.45) is 17.6 Å². The largest absolute Gasteiger partial charge is 0.368 e. The van der Waals surface area contributed by atoms with Gasteiger partial charge in [0, 0.05) is 25.0 Å². The molecule has 3 atom stereocenters. The molecule has 0 aromatic heterocycles. The third kappa shape index (κ3) is 3.72. The number of benzene rings is 1. The van der Waals surface area contributed by atoms with Crippen molar-refractivity contribution >= 4 is 11.8 Å². The maximum absolute atomic E-state index is 12.2. The summed E-state index contributed by atoms with van der Waals surface area (Å²) < 4.78 is 0. The average Bonchev–Trinajstić information content (AvgIpc) is 3.38. The predicted molar refractivity (Wildman–Crippen MR) is 88.4 cm³/mol. The molecule has 0 bridgehead atoms. The van der Waals surface area contributed by atoms with Gasteiger partial charge in [0.25, 0.3) is 0 Å². The Balaban J connectivity index is 1.63. The third-order valence-corrected chi connectivity index (χ3v) is 4.94. The first-order chi connectivity index (χ1) is 11.1. The Hall–Kier alpha value is -1.88. The third-order valence-electron chi connectivity index (χ3n) is 4.94. The summed E-state index contributed by atoms with van der Waals surface area (Å²) in [4.78, 5) is 26.0. The zero-order valence-corrected chi connectivity index (χ0v) is 13.6. The summed E-state index contributed by atoms with van der Waals surface area (Å²) in [6, 6.07) is 9.29. The first kappa shape index (κ1) is 16.0. The van der Waals surface area contributed by atoms with Gasteiger partial charge in [-0.1, -0.05) is 37.3 Å². The van der Waals surface area contributed by atoms with Crippen molar-refractivity contribution in [1.29, 1.82) is 0 Å². The lowest BCUT2D eigenvalue weighted by molar-refractivity contribution is -0.135. The van der Waals surface area contributed by atoms with Gasteiger partial charge >= 0.3 is 0 Å². The maximum Gasteiger partial charge on any atom is 0.239 e. The fourth-order valence-corrected chi connectivity index (χ4v) is 3.38. The molecule has 3 rings (SSSR count). The van der Waals surface area contributed by atoms with E-state index < -0.39 is 6.04 Å². The van der Waals surface area contributed by atoms with Crippen molar-refractivity contribution in [3.8, 4) is 0 Å². The van der Waals surface area contributed by atoms with Crippen LogP contribution in [0.25, 0.3) is 0 Å². The number of hydrogen-bond acceptors (Lipinski definition) is 3. The Morgan fingerprint density at radius 3 is 2.48 bits per heavy atom. The van der Waals surface area contributed by atoms with Crippen LogP contribution in [-0.2, 0) is 9.59 Å². The fourth-order valence-electron chi connectivity index (χ4n) is 3.38. The Kier molecular flexibility index (Phi) is 4.66. The van der Waals surface area contributed by atoms with Crippen LogP contribution in [0.1, 0.15) is 37.8 Å². The summed E-state index contributed by atoms with van der Waals surface area (Å²) in [5.74, 6) is 0.524. The molecule has 3 N–H and O–H groups in total. The number of amides is 2. The highest BCUT2D eigenvalue weighted by Gasteiger charge is 2.37. The van der Waals surface area contributed by atoms with Crippen LogP contribution in [0.3, 0.4) is 0 Å². The fraction of sp³-hybridized carbons (Fsp3) is 0.556. The predicted octanol–water partition coefficient (Wildman–Crippen LogP) is 1.45. The molecule has 1 heterocycles. The summed E-state index contributed by atoms with van der Waals surface area (Å²) in [5.41, 5.74) is 6.48. The van der Waals surface area contributed by atoms with E-state index in [-0.39, 0.29) is 17.9 Å². The van der Waals surface area contributed by atoms with Crippen molar-refractivity contribution in [3.63, 3.8) is 0 Å². The number of likely N-dealkylation sites (tertiary alicyclic amines) is 1. The van der Waals surface area contributed by atoms with Crippen LogP contribution in [0.2, 0.25) is 0 Å². The SMILES string of the molecule is C[C@@H]1CN(C(=O)C2CC2)CC[C@H]1N[C@@H](C(N)=O)c1ccccc1. The Morgan fingerprint density at radius 2 is 1.91 bits per heavy atom. The first-order valence-electron chi connectivity index (χ1n) is 8.45. The van der Waals surface area contributed by atoms with E-state index in [9.17, 15) is 9.59 Å². The van der Waals surface area contributed by atoms with E-state index in [2.05, 4.69) is 12.2 Å². The van der Waals surface area contributed by atoms with Gasteiger partial charge in [0.15, 0.2) is 0 Å². The Bertz CT molecular complexity index is 571. The van der Waals surface area contributed by atoms with E-state index >= 15 is 0 Å². The number of piperidine rings is 1. The molecule has 2 amide bonds. The summed E-state index contributed by atoms with van der Waals surface area (Å²) in [6.45, 7) is 3.65. The highest BCUT2D eigenvalue weighted by molar-refractivity contribution is 5.82. The van der Waals surface area contributed by atoms with Crippen LogP contribution in [-0.4, -0.2) is 35.8 Å². The van der Waals surface area contributed by atoms with Gasteiger partial charge in [-0.05, 0) is 30.7 Å². The zero-order chi connectivity index (χ0) is 16.4. The average molecular weight is 315 g/mol. The molecule has 1 aromatic rings. The molecule has 5 heteroatoms. The summed E-state index contributed by atoms with van der Waals surface area (Å²) in [5, 5.41) is 3.41. The molecule has 1 aliphatic carbocycles. The summed E-state index contributed by atoms with van der Waals surface area (Å²) in [6.07, 6.45) is 2.95. The number of carbonyl (C=O) groups excluding carboxylic acids is 2. The quantitative estimate of drug-likeness (QED) is 0.863. The van der Waals surface area contributed by atoms with Gasteiger partial charge in [-0.3, -0.25) is 14.9 Å². The molecule has 124 valence electrons. The molecule has 0 radical (unpaired) electrons. The second-order valence-corrected chi connectivity index (χ2v) is 6.84. The molecule has 2 fully saturated rings. The van der Waals surface area contributed by atoms with Crippen LogP contribution < -0.4 is 11.1 Å². The van der Waals surface area contributed by atoms with Crippen LogP contribution in [0.5, 0.6) is 0 Å². The lowest BCUT2D eigenvalue weighted by atomic mass is 9.91. The van der Waals surface area contributed by atoms with Gasteiger partial charge in [0.2, 0.25) is 11.8 Å². The molecule has 0 unspecified atom stereocenters. The molecule has 1 saturated heterocycles. The van der Waals surface area contributed by atoms with Gasteiger partial charge in [-0.2, -0.15) is 0 Å². The topological polar surface area (TPSA) is 75.4 Å². The first-order valence-corrected chi connectivity index (χ1v) is 8.45. The van der Waals surface area contributed by atoms with Crippen molar-refractivity contribution in [2.75, 3.05) is 13.1 Å². The van der Waals surface area contributed by atoms with Gasteiger partial charge in [-0.25, -0.2) is 0 Å². The molecule has 2 aliphatic rings. The smallest absolute Gasteiger partial charge is 0.239 e. The highest BCUT2D eigenvalue weighted by Crippen LogP contribution is 2.32. The number of nitrogens with two attached hydrogens (primary N) is 1. The van der Waals surface area contributed by atoms with Crippen LogP contribution in [0.15, 0.2) is 30.3 Å². The van der Waals surface area contributed by atoms with Crippen LogP contribution in [0, 0.1) is 11.8 Å². The zero-order valence-electron chi connectivity index (χ0n) is 13.6. The van der Waals surface area contributed by atoms with E-state index in [1.807, 2.05) is 35.2 Å². The second-order valence-electron chi connectivity index (χ2n) is 6.84. The van der Waals surface area contributed by atoms with E-state index in [0.717, 1.165) is 37.9 Å². The number of carbonyl (C=O) groups is 2. The molecule has 0 spiro atoms. The van der Waals surface area contributed by atoms with Gasteiger partial charge in [0.1, 0.15) is 6.04 Å². The molecular formula is C18H25N3O2. The van der Waals surface area contributed by atoms with E-state index in [0.29, 0.717) is 11.8 Å². The van der Waals surface area contributed by atoms with Crippen LogP contribution in [0.4, 0.5) is 0 Å². The van der Waals surface area contributed by atoms with Crippen molar-refractivity contribution < 1.29 is 9.59 Å². The summed E-state index contributed by atoms with van der Waals surface area (Å²) >= 11 is 0. The van der Waals surface area contributed by atoms with Gasteiger partial charge in [-0.15, -0.1) is 0 Å². The molecule has 1 aromatic carbocycles. The second kappa shape index (κ2) is 6.71. The number of hydrogen-bond donors (Lipinski definition) is 2. The minimum Gasteiger partial charge on any atom is -0.368 e. The molecular weight excluding hydrogens is 290 g/mol. The van der Waals surface area contributed by atoms with Gasteiger partial charge in [0.05, 0.1) is 0 Å². The minimum atomic E-state index is -0.477. The van der Waals surface area contributed by atoms with Crippen molar-refractivity contribution in [1.82, 2.24) is 10.2 Å². The normalized spacial score (nSPS) is 25.9. The molecule has 23 heavy (non-hydrogen) atoms. The maximum atomic E-state index is 12.2. The molecule has 1 saturated carbocycles. The van der Waals surface area contributed by atoms with Crippen molar-refractivity contribution in [2.45, 2.75) is 38.3 Å². The number of rotatable bonds is 5. The standard InChI is InChI=1S/C18H25N3O2/c1-12-11-21(18(23)14-7-8-14)10-9-15(12)20-16(17(19)22)13-5-3-2-4-6-13/h2-6,12,14-16,20H,7-11H2,1H3,(H2,19,22)/t12-,15-,16-/m1/s1. The molecule has 5 nitrogen and oxygen atoms in total. The van der Waals surface area contributed by atoms with E-state index in [4.69, 9.17) is 5.73 Å². The lowest BCUT2D eigenvalue weighted by Crippen LogP contribution is -2.52. The van der Waals surface area contributed by atoms with Crippen LogP contribution >= 0.6 is 0 Å². The summed E-state index contributed by atoms with van der Waals surface area (Å²) in [7, 11) is 0. The highest BCUT2D eigenvalue weighted by atomic mass is 16.2. The van der Waals surface area contributed by atoms with Crippen molar-refractivity contribution in [3.05, 3.63) is 35.9 Å². The van der Waals surface area contributed by atoms with E-state index in [1.165, 1.54) is 0 Å². The van der Waals surface area contributed by atoms with Gasteiger partial charge < -0.3 is 10.6 Å². The number of nitrogens with one attached hydrogen (secondary N) is 1. The number of nitrogens with zero attached hydrogens (tertiary/aromatic N) is 1. The minimum absolute atomic E-state index is 0.191. The monoisotopic (exact) mass is 315 g/mol. The number of primary amides is 1. The molecule has 1 aliphatic heterocycles.